The summed E-state index contributed by atoms with van der Waals surface area (Å²) in [6, 6.07) is 4.41. The first-order chi connectivity index (χ1) is 8.20. The van der Waals surface area contributed by atoms with Crippen LogP contribution in [0.3, 0.4) is 0 Å². The Balaban J connectivity index is 2.09. The number of hydrogen-bond acceptors (Lipinski definition) is 3. The van der Waals surface area contributed by atoms with Crippen molar-refractivity contribution >= 4 is 17.4 Å². The van der Waals surface area contributed by atoms with Gasteiger partial charge in [0.25, 0.3) is 0 Å². The van der Waals surface area contributed by atoms with Crippen molar-refractivity contribution in [2.45, 2.75) is 24.1 Å². The van der Waals surface area contributed by atoms with Crippen molar-refractivity contribution in [2.75, 3.05) is 5.73 Å². The number of nitrogens with two attached hydrogens (primary N) is 1. The zero-order valence-corrected chi connectivity index (χ0v) is 10.4. The molecular weight excluding hydrogens is 237 g/mol. The normalized spacial score (nSPS) is 10.7. The highest BCUT2D eigenvalue weighted by molar-refractivity contribution is 7.98. The summed E-state index contributed by atoms with van der Waals surface area (Å²) in [6.07, 6.45) is 3.71. The third kappa shape index (κ3) is 2.79. The first-order valence-corrected chi connectivity index (χ1v) is 6.37. The van der Waals surface area contributed by atoms with E-state index in [2.05, 4.69) is 16.5 Å². The van der Waals surface area contributed by atoms with Crippen LogP contribution < -0.4 is 5.73 Å². The summed E-state index contributed by atoms with van der Waals surface area (Å²) in [5.41, 5.74) is 6.39. The number of nitrogens with zero attached hydrogens (tertiary/aromatic N) is 2. The molecule has 17 heavy (non-hydrogen) atoms. The number of halogens is 1. The highest BCUT2D eigenvalue weighted by Crippen LogP contribution is 2.28. The number of nitrogen functional groups attached to an aromatic ring is 1. The van der Waals surface area contributed by atoms with Gasteiger partial charge >= 0.3 is 0 Å². The van der Waals surface area contributed by atoms with Crippen LogP contribution in [0.25, 0.3) is 0 Å². The largest absolute Gasteiger partial charge is 0.398 e. The maximum absolute atomic E-state index is 13.1. The Bertz CT molecular complexity index is 510. The maximum Gasteiger partial charge on any atom is 0.124 e. The van der Waals surface area contributed by atoms with Crippen LogP contribution in [0.4, 0.5) is 10.1 Å². The molecule has 0 amide bonds. The zero-order valence-electron chi connectivity index (χ0n) is 9.56. The van der Waals surface area contributed by atoms with E-state index in [1.165, 1.54) is 23.9 Å². The van der Waals surface area contributed by atoms with Gasteiger partial charge in [0.15, 0.2) is 0 Å². The summed E-state index contributed by atoms with van der Waals surface area (Å²) in [7, 11) is 0. The van der Waals surface area contributed by atoms with Gasteiger partial charge in [0.1, 0.15) is 11.6 Å². The van der Waals surface area contributed by atoms with Gasteiger partial charge in [-0.3, -0.25) is 0 Å². The lowest BCUT2D eigenvalue weighted by Crippen LogP contribution is -1.99. The highest BCUT2D eigenvalue weighted by Gasteiger charge is 2.05. The maximum atomic E-state index is 13.1. The smallest absolute Gasteiger partial charge is 0.124 e. The second-order valence-corrected chi connectivity index (χ2v) is 4.62. The molecule has 2 N–H and O–H groups in total. The van der Waals surface area contributed by atoms with E-state index in [1.54, 1.807) is 12.3 Å². The fraction of sp³-hybridized carbons (Fsp3) is 0.250. The molecule has 0 aliphatic rings. The Hall–Kier alpha value is -1.49. The van der Waals surface area contributed by atoms with Gasteiger partial charge in [-0.25, -0.2) is 9.37 Å². The zero-order chi connectivity index (χ0) is 12.3. The van der Waals surface area contributed by atoms with Gasteiger partial charge in [0, 0.05) is 29.5 Å². The number of benzene rings is 1. The molecule has 0 spiro atoms. The second kappa shape index (κ2) is 5.23. The van der Waals surface area contributed by atoms with Crippen molar-refractivity contribution in [3.05, 3.63) is 42.2 Å². The summed E-state index contributed by atoms with van der Waals surface area (Å²) in [6.45, 7) is 2.95. The van der Waals surface area contributed by atoms with Crippen LogP contribution in [0, 0.1) is 5.82 Å². The van der Waals surface area contributed by atoms with Crippen LogP contribution in [-0.4, -0.2) is 9.55 Å². The van der Waals surface area contributed by atoms with Gasteiger partial charge in [-0.2, -0.15) is 0 Å². The third-order valence-corrected chi connectivity index (χ3v) is 3.54. The molecule has 0 aliphatic heterocycles. The van der Waals surface area contributed by atoms with E-state index in [0.29, 0.717) is 11.4 Å². The fourth-order valence-electron chi connectivity index (χ4n) is 1.54. The van der Waals surface area contributed by atoms with E-state index in [4.69, 9.17) is 5.73 Å². The lowest BCUT2D eigenvalue weighted by atomic mass is 10.3. The molecule has 1 heterocycles. The standard InChI is InChI=1S/C12H14FN3S/c1-2-16-6-5-15-12(16)8-17-11-7-9(13)3-4-10(11)14/h3-7H,2,8,14H2,1H3. The second-order valence-electron chi connectivity index (χ2n) is 3.60. The summed E-state index contributed by atoms with van der Waals surface area (Å²) >= 11 is 1.50. The van der Waals surface area contributed by atoms with E-state index in [0.717, 1.165) is 17.3 Å². The first-order valence-electron chi connectivity index (χ1n) is 5.38. The van der Waals surface area contributed by atoms with E-state index < -0.39 is 0 Å². The topological polar surface area (TPSA) is 43.8 Å². The molecule has 0 fully saturated rings. The lowest BCUT2D eigenvalue weighted by Gasteiger charge is -2.06. The van der Waals surface area contributed by atoms with Crippen molar-refractivity contribution in [3.63, 3.8) is 0 Å². The average molecular weight is 251 g/mol. The van der Waals surface area contributed by atoms with Crippen LogP contribution in [0.15, 0.2) is 35.5 Å². The molecular formula is C12H14FN3S. The van der Waals surface area contributed by atoms with E-state index in [1.807, 2.05) is 6.20 Å². The highest BCUT2D eigenvalue weighted by atomic mass is 32.2. The van der Waals surface area contributed by atoms with Gasteiger partial charge in [0.2, 0.25) is 0 Å². The lowest BCUT2D eigenvalue weighted by molar-refractivity contribution is 0.624. The predicted octanol–water partition coefficient (Wildman–Crippen LogP) is 2.92. The number of anilines is 1. The molecule has 1 aromatic carbocycles. The van der Waals surface area contributed by atoms with Crippen molar-refractivity contribution in [2.24, 2.45) is 0 Å². The SMILES string of the molecule is CCn1ccnc1CSc1cc(F)ccc1N. The summed E-state index contributed by atoms with van der Waals surface area (Å²) in [5.74, 6) is 1.40. The molecule has 2 aromatic rings. The van der Waals surface area contributed by atoms with Crippen molar-refractivity contribution in [3.8, 4) is 0 Å². The van der Waals surface area contributed by atoms with Crippen molar-refractivity contribution < 1.29 is 4.39 Å². The van der Waals surface area contributed by atoms with Gasteiger partial charge < -0.3 is 10.3 Å². The van der Waals surface area contributed by atoms with E-state index in [-0.39, 0.29) is 5.82 Å². The fourth-order valence-corrected chi connectivity index (χ4v) is 2.50. The average Bonchev–Trinajstić information content (AvgIpc) is 2.77. The van der Waals surface area contributed by atoms with Gasteiger partial charge in [0.05, 0.1) is 5.75 Å². The monoisotopic (exact) mass is 251 g/mol. The van der Waals surface area contributed by atoms with Crippen LogP contribution in [0.1, 0.15) is 12.7 Å². The molecule has 90 valence electrons. The Labute approximate surface area is 104 Å². The molecule has 0 radical (unpaired) electrons. The third-order valence-electron chi connectivity index (χ3n) is 2.47. The minimum absolute atomic E-state index is 0.263. The molecule has 0 saturated carbocycles. The number of hydrogen-bond donors (Lipinski definition) is 1. The molecule has 2 rings (SSSR count). The van der Waals surface area contributed by atoms with Crippen LogP contribution in [0.5, 0.6) is 0 Å². The number of aromatic nitrogens is 2. The first kappa shape index (κ1) is 12.0. The quantitative estimate of drug-likeness (QED) is 0.671. The van der Waals surface area contributed by atoms with Crippen molar-refractivity contribution in [1.82, 2.24) is 9.55 Å². The summed E-state index contributed by atoms with van der Waals surface area (Å²) in [5, 5.41) is 0. The number of imidazole rings is 1. The van der Waals surface area contributed by atoms with Crippen molar-refractivity contribution in [1.29, 1.82) is 0 Å². The number of thioether (sulfide) groups is 1. The molecule has 3 nitrogen and oxygen atoms in total. The Morgan fingerprint density at radius 2 is 2.29 bits per heavy atom. The summed E-state index contributed by atoms with van der Waals surface area (Å²) in [4.78, 5) is 5.02. The van der Waals surface area contributed by atoms with Crippen LogP contribution in [0.2, 0.25) is 0 Å². The molecule has 0 aliphatic carbocycles. The van der Waals surface area contributed by atoms with Crippen LogP contribution in [-0.2, 0) is 12.3 Å². The minimum atomic E-state index is -0.263. The molecule has 0 unspecified atom stereocenters. The summed E-state index contributed by atoms with van der Waals surface area (Å²) < 4.78 is 15.1. The van der Waals surface area contributed by atoms with Gasteiger partial charge in [-0.05, 0) is 25.1 Å². The molecule has 0 atom stereocenters. The molecule has 0 saturated heterocycles. The van der Waals surface area contributed by atoms with Gasteiger partial charge in [-0.15, -0.1) is 11.8 Å². The number of aryl methyl sites for hydroxylation is 1. The minimum Gasteiger partial charge on any atom is -0.398 e. The Morgan fingerprint density at radius 3 is 3.06 bits per heavy atom. The number of rotatable bonds is 4. The predicted molar refractivity (Wildman–Crippen MR) is 68.3 cm³/mol. The van der Waals surface area contributed by atoms with E-state index in [9.17, 15) is 4.39 Å². The van der Waals surface area contributed by atoms with E-state index >= 15 is 0 Å². The Morgan fingerprint density at radius 1 is 1.47 bits per heavy atom. The molecule has 5 heteroatoms. The molecule has 0 bridgehead atoms. The Kier molecular flexibility index (Phi) is 3.68. The van der Waals surface area contributed by atoms with Crippen LogP contribution >= 0.6 is 11.8 Å². The molecule has 1 aromatic heterocycles. The van der Waals surface area contributed by atoms with Gasteiger partial charge in [-0.1, -0.05) is 0 Å².